The molecular formula is C12H17N3O. The number of nitrogens with two attached hydrogens (primary N) is 1. The van der Waals surface area contributed by atoms with Gasteiger partial charge in [0.2, 0.25) is 0 Å². The average molecular weight is 219 g/mol. The summed E-state index contributed by atoms with van der Waals surface area (Å²) in [6, 6.07) is 8.30. The monoisotopic (exact) mass is 219 g/mol. The maximum Gasteiger partial charge on any atom is 0.251 e. The average Bonchev–Trinajstić information content (AvgIpc) is 2.26. The molecule has 0 aromatic heterocycles. The van der Waals surface area contributed by atoms with Crippen LogP contribution >= 0.6 is 0 Å². The van der Waals surface area contributed by atoms with E-state index in [0.29, 0.717) is 17.6 Å². The van der Waals surface area contributed by atoms with Crippen LogP contribution in [0, 0.1) is 0 Å². The van der Waals surface area contributed by atoms with Crippen LogP contribution in [0.1, 0.15) is 23.2 Å². The molecule has 0 atom stereocenters. The fourth-order valence-electron chi connectivity index (χ4n) is 1.91. The van der Waals surface area contributed by atoms with Crippen LogP contribution in [0.25, 0.3) is 0 Å². The van der Waals surface area contributed by atoms with Gasteiger partial charge in [0.25, 0.3) is 5.91 Å². The molecule has 1 saturated carbocycles. The minimum atomic E-state index is -0.0611. The highest BCUT2D eigenvalue weighted by Gasteiger charge is 2.25. The Morgan fingerprint density at radius 3 is 2.81 bits per heavy atom. The summed E-state index contributed by atoms with van der Waals surface area (Å²) in [5.74, 6) is -0.0611. The molecule has 4 nitrogen and oxygen atoms in total. The van der Waals surface area contributed by atoms with Crippen LogP contribution in [0.3, 0.4) is 0 Å². The summed E-state index contributed by atoms with van der Waals surface area (Å²) in [6.07, 6.45) is 2.01. The van der Waals surface area contributed by atoms with Gasteiger partial charge in [-0.15, -0.1) is 0 Å². The molecule has 0 spiro atoms. The van der Waals surface area contributed by atoms with Gasteiger partial charge in [-0.2, -0.15) is 0 Å². The number of carbonyl (C=O) groups is 1. The largest absolute Gasteiger partial charge is 0.382 e. The van der Waals surface area contributed by atoms with Gasteiger partial charge in [-0.1, -0.05) is 6.07 Å². The lowest BCUT2D eigenvalue weighted by molar-refractivity contribution is 0.0963. The lowest BCUT2D eigenvalue weighted by Crippen LogP contribution is -2.44. The minimum absolute atomic E-state index is 0.0611. The Labute approximate surface area is 95.2 Å². The molecule has 0 radical (unpaired) electrons. The first-order chi connectivity index (χ1) is 7.69. The van der Waals surface area contributed by atoms with E-state index in [2.05, 4.69) is 10.6 Å². The molecule has 4 N–H and O–H groups in total. The third-order valence-corrected chi connectivity index (χ3v) is 2.90. The summed E-state index contributed by atoms with van der Waals surface area (Å²) in [7, 11) is 1.63. The molecule has 86 valence electrons. The van der Waals surface area contributed by atoms with Crippen molar-refractivity contribution in [1.29, 1.82) is 0 Å². The van der Waals surface area contributed by atoms with Crippen LogP contribution in [0.15, 0.2) is 24.3 Å². The lowest BCUT2D eigenvalue weighted by atomic mass is 9.87. The van der Waals surface area contributed by atoms with E-state index in [0.717, 1.165) is 18.5 Å². The van der Waals surface area contributed by atoms with Crippen molar-refractivity contribution in [2.24, 2.45) is 5.73 Å². The Bertz CT molecular complexity index is 386. The van der Waals surface area contributed by atoms with Crippen LogP contribution in [0.2, 0.25) is 0 Å². The zero-order valence-corrected chi connectivity index (χ0v) is 9.36. The summed E-state index contributed by atoms with van der Waals surface area (Å²) < 4.78 is 0. The second-order valence-corrected chi connectivity index (χ2v) is 4.23. The molecule has 1 aliphatic carbocycles. The fourth-order valence-corrected chi connectivity index (χ4v) is 1.91. The highest BCUT2D eigenvalue weighted by molar-refractivity contribution is 5.94. The SMILES string of the molecule is CNC(=O)c1cccc(NC2CC(N)C2)c1. The van der Waals surface area contributed by atoms with E-state index < -0.39 is 0 Å². The molecular weight excluding hydrogens is 202 g/mol. The topological polar surface area (TPSA) is 67.2 Å². The van der Waals surface area contributed by atoms with E-state index in [9.17, 15) is 4.79 Å². The van der Waals surface area contributed by atoms with Gasteiger partial charge in [0, 0.05) is 30.4 Å². The summed E-state index contributed by atoms with van der Waals surface area (Å²) in [6.45, 7) is 0. The van der Waals surface area contributed by atoms with Crippen molar-refractivity contribution >= 4 is 11.6 Å². The molecule has 1 amide bonds. The summed E-state index contributed by atoms with van der Waals surface area (Å²) >= 11 is 0. The molecule has 0 bridgehead atoms. The first-order valence-electron chi connectivity index (χ1n) is 5.53. The maximum absolute atomic E-state index is 11.4. The van der Waals surface area contributed by atoms with Crippen molar-refractivity contribution < 1.29 is 4.79 Å². The molecule has 1 aromatic rings. The van der Waals surface area contributed by atoms with E-state index in [-0.39, 0.29) is 5.91 Å². The highest BCUT2D eigenvalue weighted by Crippen LogP contribution is 2.22. The van der Waals surface area contributed by atoms with Crippen LogP contribution < -0.4 is 16.4 Å². The number of anilines is 1. The number of benzene rings is 1. The van der Waals surface area contributed by atoms with Crippen LogP contribution in [-0.4, -0.2) is 25.0 Å². The van der Waals surface area contributed by atoms with Crippen molar-refractivity contribution in [3.05, 3.63) is 29.8 Å². The lowest BCUT2D eigenvalue weighted by Gasteiger charge is -2.33. The van der Waals surface area contributed by atoms with Gasteiger partial charge in [0.1, 0.15) is 0 Å². The zero-order chi connectivity index (χ0) is 11.5. The highest BCUT2D eigenvalue weighted by atomic mass is 16.1. The van der Waals surface area contributed by atoms with E-state index in [1.165, 1.54) is 0 Å². The molecule has 0 heterocycles. The summed E-state index contributed by atoms with van der Waals surface area (Å²) in [4.78, 5) is 11.4. The van der Waals surface area contributed by atoms with Crippen molar-refractivity contribution in [3.8, 4) is 0 Å². The summed E-state index contributed by atoms with van der Waals surface area (Å²) in [5, 5.41) is 5.98. The van der Waals surface area contributed by atoms with E-state index in [1.54, 1.807) is 13.1 Å². The van der Waals surface area contributed by atoms with Gasteiger partial charge in [0.05, 0.1) is 0 Å². The van der Waals surface area contributed by atoms with Crippen LogP contribution in [-0.2, 0) is 0 Å². The second kappa shape index (κ2) is 4.53. The number of carbonyl (C=O) groups excluding carboxylic acids is 1. The molecule has 1 aliphatic rings. The molecule has 1 aromatic carbocycles. The molecule has 2 rings (SSSR count). The Balaban J connectivity index is 2.02. The van der Waals surface area contributed by atoms with E-state index in [1.807, 2.05) is 18.2 Å². The predicted octanol–water partition coefficient (Wildman–Crippen LogP) is 0.948. The van der Waals surface area contributed by atoms with E-state index >= 15 is 0 Å². The first-order valence-corrected chi connectivity index (χ1v) is 5.53. The van der Waals surface area contributed by atoms with Gasteiger partial charge in [0.15, 0.2) is 0 Å². The van der Waals surface area contributed by atoms with Crippen molar-refractivity contribution in [3.63, 3.8) is 0 Å². The quantitative estimate of drug-likeness (QED) is 0.709. The number of hydrogen-bond acceptors (Lipinski definition) is 3. The Hall–Kier alpha value is -1.55. The summed E-state index contributed by atoms with van der Waals surface area (Å²) in [5.41, 5.74) is 7.38. The third kappa shape index (κ3) is 2.33. The molecule has 1 fully saturated rings. The second-order valence-electron chi connectivity index (χ2n) is 4.23. The normalized spacial score (nSPS) is 23.4. The van der Waals surface area contributed by atoms with Gasteiger partial charge < -0.3 is 16.4 Å². The first kappa shape index (κ1) is 11.0. The van der Waals surface area contributed by atoms with Gasteiger partial charge in [-0.3, -0.25) is 4.79 Å². The standard InChI is InChI=1S/C12H17N3O/c1-14-12(16)8-3-2-4-10(5-8)15-11-6-9(13)7-11/h2-5,9,11,15H,6-7,13H2,1H3,(H,14,16). The smallest absolute Gasteiger partial charge is 0.251 e. The minimum Gasteiger partial charge on any atom is -0.382 e. The molecule has 0 saturated heterocycles. The fraction of sp³-hybridized carbons (Fsp3) is 0.417. The van der Waals surface area contributed by atoms with Crippen molar-refractivity contribution in [1.82, 2.24) is 5.32 Å². The van der Waals surface area contributed by atoms with E-state index in [4.69, 9.17) is 5.73 Å². The Morgan fingerprint density at radius 2 is 2.19 bits per heavy atom. The Kier molecular flexibility index (Phi) is 3.10. The molecule has 0 unspecified atom stereocenters. The number of nitrogens with one attached hydrogen (secondary N) is 2. The predicted molar refractivity (Wildman–Crippen MR) is 64.5 cm³/mol. The van der Waals surface area contributed by atoms with Crippen LogP contribution in [0.4, 0.5) is 5.69 Å². The third-order valence-electron chi connectivity index (χ3n) is 2.90. The van der Waals surface area contributed by atoms with Crippen molar-refractivity contribution in [2.75, 3.05) is 12.4 Å². The number of rotatable bonds is 3. The number of hydrogen-bond donors (Lipinski definition) is 3. The number of amides is 1. The van der Waals surface area contributed by atoms with Crippen molar-refractivity contribution in [2.45, 2.75) is 24.9 Å². The molecule has 4 heteroatoms. The van der Waals surface area contributed by atoms with Gasteiger partial charge in [-0.05, 0) is 31.0 Å². The molecule has 0 aliphatic heterocycles. The zero-order valence-electron chi connectivity index (χ0n) is 9.36. The maximum atomic E-state index is 11.4. The van der Waals surface area contributed by atoms with Gasteiger partial charge >= 0.3 is 0 Å². The molecule has 16 heavy (non-hydrogen) atoms. The van der Waals surface area contributed by atoms with Crippen LogP contribution in [0.5, 0.6) is 0 Å². The Morgan fingerprint density at radius 1 is 1.44 bits per heavy atom. The van der Waals surface area contributed by atoms with Gasteiger partial charge in [-0.25, -0.2) is 0 Å².